The second-order valence-electron chi connectivity index (χ2n) is 6.76. The molecule has 0 unspecified atom stereocenters. The van der Waals surface area contributed by atoms with E-state index in [4.69, 9.17) is 14.2 Å². The number of benzene rings is 1. The molecule has 1 aliphatic carbocycles. The van der Waals surface area contributed by atoms with Gasteiger partial charge >= 0.3 is 5.97 Å². The number of phenolic OH excluding ortho intramolecular Hbond substituents is 1. The number of carbonyl (C=O) groups is 1. The molecule has 2 bridgehead atoms. The van der Waals surface area contributed by atoms with E-state index >= 15 is 0 Å². The third-order valence-electron chi connectivity index (χ3n) is 5.48. The lowest BCUT2D eigenvalue weighted by Crippen LogP contribution is -2.51. The number of fused-ring (bicyclic) bond motifs is 3. The monoisotopic (exact) mass is 356 g/mol. The molecule has 0 aromatic heterocycles. The smallest absolute Gasteiger partial charge is 0.316 e. The fraction of sp³-hybridized carbons (Fsp3) is 0.381. The predicted octanol–water partition coefficient (Wildman–Crippen LogP) is 3.71. The number of phenols is 1. The molecule has 0 radical (unpaired) electrons. The maximum absolute atomic E-state index is 12.8. The van der Waals surface area contributed by atoms with Crippen molar-refractivity contribution in [3.63, 3.8) is 0 Å². The minimum atomic E-state index is -1.17. The highest BCUT2D eigenvalue weighted by Crippen LogP contribution is 2.53. The van der Waals surface area contributed by atoms with Crippen LogP contribution in [0.15, 0.2) is 54.7 Å². The van der Waals surface area contributed by atoms with Crippen LogP contribution in [0.2, 0.25) is 0 Å². The number of allylic oxidation sites excluding steroid dienone is 2. The van der Waals surface area contributed by atoms with Crippen LogP contribution in [-0.4, -0.2) is 31.1 Å². The van der Waals surface area contributed by atoms with Gasteiger partial charge in [-0.2, -0.15) is 0 Å². The molecule has 4 atom stereocenters. The van der Waals surface area contributed by atoms with Crippen molar-refractivity contribution in [1.29, 1.82) is 0 Å². The van der Waals surface area contributed by atoms with Gasteiger partial charge in [0.25, 0.3) is 0 Å². The Labute approximate surface area is 153 Å². The van der Waals surface area contributed by atoms with E-state index < -0.39 is 11.7 Å². The van der Waals surface area contributed by atoms with Crippen molar-refractivity contribution in [3.8, 4) is 11.5 Å². The quantitative estimate of drug-likeness (QED) is 0.644. The normalized spacial score (nSPS) is 30.4. The highest BCUT2D eigenvalue weighted by molar-refractivity contribution is 5.81. The molecule has 138 valence electrons. The van der Waals surface area contributed by atoms with E-state index in [0.717, 1.165) is 16.7 Å². The van der Waals surface area contributed by atoms with Gasteiger partial charge < -0.3 is 19.3 Å². The second-order valence-corrected chi connectivity index (χ2v) is 6.76. The Bertz CT molecular complexity index is 794. The number of esters is 1. The SMILES string of the molecule is C=CCC1=C[C@@]2(OC)OC(=O)[C@@H](C1=C)[C@H](c1ccc(O)c(OC)c1)[C@H]2C. The summed E-state index contributed by atoms with van der Waals surface area (Å²) in [5.41, 5.74) is 2.48. The molecule has 0 spiro atoms. The van der Waals surface area contributed by atoms with Crippen LogP contribution in [0.1, 0.15) is 24.8 Å². The summed E-state index contributed by atoms with van der Waals surface area (Å²) in [5.74, 6) is -2.03. The van der Waals surface area contributed by atoms with Crippen LogP contribution in [0.3, 0.4) is 0 Å². The van der Waals surface area contributed by atoms with E-state index in [1.54, 1.807) is 24.3 Å². The van der Waals surface area contributed by atoms with E-state index in [-0.39, 0.29) is 23.6 Å². The minimum absolute atomic E-state index is 0.0519. The maximum Gasteiger partial charge on any atom is 0.316 e. The molecule has 0 amide bonds. The lowest BCUT2D eigenvalue weighted by Gasteiger charge is -2.44. The van der Waals surface area contributed by atoms with Crippen molar-refractivity contribution in [3.05, 3.63) is 60.2 Å². The highest BCUT2D eigenvalue weighted by atomic mass is 16.7. The first kappa shape index (κ1) is 18.3. The number of rotatable bonds is 5. The van der Waals surface area contributed by atoms with Crippen LogP contribution in [0, 0.1) is 11.8 Å². The highest BCUT2D eigenvalue weighted by Gasteiger charge is 2.56. The number of ether oxygens (including phenoxy) is 3. The fourth-order valence-corrected chi connectivity index (χ4v) is 4.07. The van der Waals surface area contributed by atoms with Crippen LogP contribution in [0.25, 0.3) is 0 Å². The number of methoxy groups -OCH3 is 2. The molecular weight excluding hydrogens is 332 g/mol. The summed E-state index contributed by atoms with van der Waals surface area (Å²) in [6.45, 7) is 9.97. The van der Waals surface area contributed by atoms with E-state index in [1.165, 1.54) is 14.2 Å². The zero-order chi connectivity index (χ0) is 19.1. The number of carbonyl (C=O) groups excluding carboxylic acids is 1. The van der Waals surface area contributed by atoms with Crippen molar-refractivity contribution in [2.45, 2.75) is 25.0 Å². The Morgan fingerprint density at radius 2 is 2.12 bits per heavy atom. The summed E-state index contributed by atoms with van der Waals surface area (Å²) < 4.78 is 16.7. The zero-order valence-corrected chi connectivity index (χ0v) is 15.3. The van der Waals surface area contributed by atoms with Crippen molar-refractivity contribution in [2.24, 2.45) is 11.8 Å². The molecule has 1 saturated heterocycles. The molecule has 0 saturated carbocycles. The molecule has 4 rings (SSSR count). The van der Waals surface area contributed by atoms with E-state index in [1.807, 2.05) is 13.0 Å². The molecule has 5 nitrogen and oxygen atoms in total. The zero-order valence-electron chi connectivity index (χ0n) is 15.3. The first-order chi connectivity index (χ1) is 12.4. The van der Waals surface area contributed by atoms with Gasteiger partial charge in [0.05, 0.1) is 13.0 Å². The van der Waals surface area contributed by atoms with Gasteiger partial charge in [0, 0.05) is 18.9 Å². The van der Waals surface area contributed by atoms with Gasteiger partial charge in [-0.1, -0.05) is 25.6 Å². The molecule has 1 aromatic carbocycles. The molecule has 2 heterocycles. The first-order valence-corrected chi connectivity index (χ1v) is 8.55. The largest absolute Gasteiger partial charge is 0.504 e. The Balaban J connectivity index is 2.18. The van der Waals surface area contributed by atoms with Gasteiger partial charge in [-0.05, 0) is 41.3 Å². The summed E-state index contributed by atoms with van der Waals surface area (Å²) in [7, 11) is 3.03. The molecule has 1 aromatic rings. The van der Waals surface area contributed by atoms with Gasteiger partial charge in [-0.3, -0.25) is 4.79 Å². The summed E-state index contributed by atoms with van der Waals surface area (Å²) >= 11 is 0. The molecule has 26 heavy (non-hydrogen) atoms. The maximum atomic E-state index is 12.8. The summed E-state index contributed by atoms with van der Waals surface area (Å²) in [4.78, 5) is 12.8. The van der Waals surface area contributed by atoms with E-state index in [9.17, 15) is 9.90 Å². The van der Waals surface area contributed by atoms with Crippen LogP contribution >= 0.6 is 0 Å². The topological polar surface area (TPSA) is 65.0 Å². The van der Waals surface area contributed by atoms with Crippen molar-refractivity contribution < 1.29 is 24.1 Å². The standard InChI is InChI=1S/C21H24O5/c1-6-7-15-11-21(25-5)13(3)19(18(12(15)2)20(23)26-21)14-8-9-16(22)17(10-14)24-4/h6,8-11,13,18-19,22H,1-2,7H2,3-5H3/t13-,18+,19+,21-/m1/s1. The molecule has 5 heteroatoms. The third kappa shape index (κ3) is 2.63. The predicted molar refractivity (Wildman–Crippen MR) is 97.9 cm³/mol. The van der Waals surface area contributed by atoms with Crippen LogP contribution in [0.5, 0.6) is 11.5 Å². The van der Waals surface area contributed by atoms with Crippen LogP contribution < -0.4 is 4.74 Å². The van der Waals surface area contributed by atoms with Gasteiger partial charge in [-0.15, -0.1) is 6.58 Å². The van der Waals surface area contributed by atoms with Crippen molar-refractivity contribution in [1.82, 2.24) is 0 Å². The lowest BCUT2D eigenvalue weighted by molar-refractivity contribution is -0.239. The average molecular weight is 356 g/mol. The Kier molecular flexibility index (Phi) is 4.67. The molecular formula is C21H24O5. The molecule has 2 aliphatic heterocycles. The van der Waals surface area contributed by atoms with E-state index in [0.29, 0.717) is 12.2 Å². The summed E-state index contributed by atoms with van der Waals surface area (Å²) in [5, 5.41) is 9.92. The van der Waals surface area contributed by atoms with Gasteiger partial charge in [0.2, 0.25) is 5.79 Å². The first-order valence-electron chi connectivity index (χ1n) is 8.55. The molecule has 1 fully saturated rings. The number of hydrogen-bond acceptors (Lipinski definition) is 5. The second kappa shape index (κ2) is 6.65. The lowest BCUT2D eigenvalue weighted by atomic mass is 9.71. The average Bonchev–Trinajstić information content (AvgIpc) is 2.78. The summed E-state index contributed by atoms with van der Waals surface area (Å²) in [6.07, 6.45) is 4.21. The van der Waals surface area contributed by atoms with Gasteiger partial charge in [-0.25, -0.2) is 0 Å². The fourth-order valence-electron chi connectivity index (χ4n) is 4.07. The number of hydrogen-bond donors (Lipinski definition) is 1. The van der Waals surface area contributed by atoms with Crippen molar-refractivity contribution >= 4 is 5.97 Å². The van der Waals surface area contributed by atoms with Gasteiger partial charge in [0.1, 0.15) is 0 Å². The molecule has 3 aliphatic rings. The van der Waals surface area contributed by atoms with E-state index in [2.05, 4.69) is 13.2 Å². The van der Waals surface area contributed by atoms with Crippen LogP contribution in [-0.2, 0) is 14.3 Å². The van der Waals surface area contributed by atoms with Gasteiger partial charge in [0.15, 0.2) is 11.5 Å². The molecule has 1 N–H and O–H groups in total. The number of aromatic hydroxyl groups is 1. The van der Waals surface area contributed by atoms with Crippen molar-refractivity contribution in [2.75, 3.05) is 14.2 Å². The Hall–Kier alpha value is -2.53. The Morgan fingerprint density at radius 3 is 2.73 bits per heavy atom. The Morgan fingerprint density at radius 1 is 1.38 bits per heavy atom. The summed E-state index contributed by atoms with van der Waals surface area (Å²) in [6, 6.07) is 5.14. The minimum Gasteiger partial charge on any atom is -0.504 e. The third-order valence-corrected chi connectivity index (χ3v) is 5.48. The van der Waals surface area contributed by atoms with Crippen LogP contribution in [0.4, 0.5) is 0 Å².